The molecular formula is C39H38N2S2. The van der Waals surface area contributed by atoms with Crippen LogP contribution in [0.2, 0.25) is 0 Å². The molecule has 3 aromatic heterocycles. The van der Waals surface area contributed by atoms with Crippen molar-refractivity contribution in [1.82, 2.24) is 9.55 Å². The Morgan fingerprint density at radius 3 is 2.09 bits per heavy atom. The van der Waals surface area contributed by atoms with Crippen molar-refractivity contribution in [3.05, 3.63) is 106 Å². The Balaban J connectivity index is 1.41. The van der Waals surface area contributed by atoms with Crippen LogP contribution in [0.5, 0.6) is 0 Å². The van der Waals surface area contributed by atoms with Crippen LogP contribution in [-0.2, 0) is 6.42 Å². The summed E-state index contributed by atoms with van der Waals surface area (Å²) in [5.74, 6) is 1.02. The molecule has 4 aromatic carbocycles. The van der Waals surface area contributed by atoms with Gasteiger partial charge in [-0.3, -0.25) is 4.57 Å². The predicted molar refractivity (Wildman–Crippen MR) is 189 cm³/mol. The van der Waals surface area contributed by atoms with Crippen molar-refractivity contribution in [1.29, 1.82) is 0 Å². The number of unbranched alkanes of at least 4 members (excludes halogenated alkanes) is 5. The van der Waals surface area contributed by atoms with Crippen LogP contribution in [0.25, 0.3) is 59.4 Å². The van der Waals surface area contributed by atoms with Gasteiger partial charge in [0, 0.05) is 36.7 Å². The number of nitrogens with zero attached hydrogens (tertiary/aromatic N) is 2. The van der Waals surface area contributed by atoms with Gasteiger partial charge in [-0.25, -0.2) is 4.98 Å². The standard InChI is InChI=1S/C39H38N2S2/c1-4-5-6-7-8-10-17-28-25-35(43-27(28)3)38-34(24-26(2)42-38)39-40-36-32-22-15-13-20-30(32)31-21-14-16-23-33(31)37(36)41(39)29-18-11-9-12-19-29/h9,11-16,18-25H,4-8,10,17H2,1-3H3. The van der Waals surface area contributed by atoms with E-state index in [9.17, 15) is 0 Å². The minimum atomic E-state index is 1.02. The maximum absolute atomic E-state index is 5.53. The highest BCUT2D eigenvalue weighted by Crippen LogP contribution is 2.46. The van der Waals surface area contributed by atoms with Crippen LogP contribution in [0.1, 0.15) is 60.8 Å². The number of hydrogen-bond acceptors (Lipinski definition) is 3. The molecule has 43 heavy (non-hydrogen) atoms. The van der Waals surface area contributed by atoms with Crippen molar-refractivity contribution in [3.63, 3.8) is 0 Å². The van der Waals surface area contributed by atoms with E-state index >= 15 is 0 Å². The Kier molecular flexibility index (Phi) is 7.90. The maximum Gasteiger partial charge on any atom is 0.147 e. The highest BCUT2D eigenvalue weighted by molar-refractivity contribution is 7.22. The Morgan fingerprint density at radius 1 is 0.674 bits per heavy atom. The summed E-state index contributed by atoms with van der Waals surface area (Å²) in [5, 5.41) is 4.96. The quantitative estimate of drug-likeness (QED) is 0.113. The number of aromatic nitrogens is 2. The number of fused-ring (bicyclic) bond motifs is 6. The van der Waals surface area contributed by atoms with Crippen LogP contribution in [-0.4, -0.2) is 9.55 Å². The molecule has 0 aliphatic heterocycles. The molecule has 0 N–H and O–H groups in total. The van der Waals surface area contributed by atoms with Gasteiger partial charge < -0.3 is 0 Å². The van der Waals surface area contributed by atoms with Crippen LogP contribution >= 0.6 is 22.7 Å². The van der Waals surface area contributed by atoms with E-state index in [4.69, 9.17) is 4.98 Å². The van der Waals surface area contributed by atoms with Gasteiger partial charge in [-0.15, -0.1) is 22.7 Å². The van der Waals surface area contributed by atoms with Gasteiger partial charge in [0.1, 0.15) is 5.82 Å². The molecular weight excluding hydrogens is 561 g/mol. The average molecular weight is 599 g/mol. The SMILES string of the molecule is CCCCCCCCc1cc(-c2sc(C)cc2-c2nc3c4ccccc4c4ccccc4c3n2-c2ccccc2)sc1C. The zero-order valence-electron chi connectivity index (χ0n) is 25.3. The van der Waals surface area contributed by atoms with Crippen LogP contribution < -0.4 is 0 Å². The zero-order chi connectivity index (χ0) is 29.3. The van der Waals surface area contributed by atoms with Crippen molar-refractivity contribution < 1.29 is 0 Å². The van der Waals surface area contributed by atoms with Crippen molar-refractivity contribution in [2.75, 3.05) is 0 Å². The van der Waals surface area contributed by atoms with Gasteiger partial charge in [0.25, 0.3) is 0 Å². The molecule has 0 aliphatic carbocycles. The fraction of sp³-hybridized carbons (Fsp3) is 0.256. The summed E-state index contributed by atoms with van der Waals surface area (Å²) in [7, 11) is 0. The summed E-state index contributed by atoms with van der Waals surface area (Å²) in [4.78, 5) is 11.0. The minimum Gasteiger partial charge on any atom is -0.292 e. The van der Waals surface area contributed by atoms with Gasteiger partial charge in [0.15, 0.2) is 0 Å². The van der Waals surface area contributed by atoms with Crippen molar-refractivity contribution in [3.8, 4) is 26.8 Å². The molecule has 3 heterocycles. The fourth-order valence-corrected chi connectivity index (χ4v) is 8.75. The first-order chi connectivity index (χ1) is 21.1. The predicted octanol–water partition coefficient (Wildman–Crippen LogP) is 12.3. The summed E-state index contributed by atoms with van der Waals surface area (Å²) < 4.78 is 2.41. The lowest BCUT2D eigenvalue weighted by Gasteiger charge is -2.12. The second-order valence-electron chi connectivity index (χ2n) is 11.7. The van der Waals surface area contributed by atoms with E-state index in [-0.39, 0.29) is 0 Å². The van der Waals surface area contributed by atoms with E-state index < -0.39 is 0 Å². The number of thiophene rings is 2. The molecule has 0 atom stereocenters. The van der Waals surface area contributed by atoms with Crippen molar-refractivity contribution in [2.24, 2.45) is 0 Å². The van der Waals surface area contributed by atoms with Gasteiger partial charge in [0.05, 0.1) is 15.9 Å². The van der Waals surface area contributed by atoms with E-state index in [0.717, 1.165) is 17.0 Å². The van der Waals surface area contributed by atoms with Gasteiger partial charge >= 0.3 is 0 Å². The highest BCUT2D eigenvalue weighted by Gasteiger charge is 2.24. The third-order valence-electron chi connectivity index (χ3n) is 8.69. The Hall–Kier alpha value is -3.73. The van der Waals surface area contributed by atoms with Crippen molar-refractivity contribution >= 4 is 55.3 Å². The molecule has 0 bridgehead atoms. The van der Waals surface area contributed by atoms with Crippen LogP contribution in [0, 0.1) is 13.8 Å². The zero-order valence-corrected chi connectivity index (χ0v) is 27.0. The first kappa shape index (κ1) is 28.1. The van der Waals surface area contributed by atoms with E-state index in [1.165, 1.54) is 103 Å². The number of hydrogen-bond donors (Lipinski definition) is 0. The van der Waals surface area contributed by atoms with Gasteiger partial charge in [-0.2, -0.15) is 0 Å². The molecule has 4 heteroatoms. The summed E-state index contributed by atoms with van der Waals surface area (Å²) in [6, 6.07) is 33.1. The number of aryl methyl sites for hydroxylation is 3. The van der Waals surface area contributed by atoms with E-state index in [1.54, 1.807) is 0 Å². The smallest absolute Gasteiger partial charge is 0.147 e. The third kappa shape index (κ3) is 5.21. The lowest BCUT2D eigenvalue weighted by atomic mass is 10.00. The van der Waals surface area contributed by atoms with Gasteiger partial charge in [-0.1, -0.05) is 106 Å². The first-order valence-corrected chi connectivity index (χ1v) is 17.3. The topological polar surface area (TPSA) is 17.8 Å². The molecule has 0 amide bonds. The maximum atomic E-state index is 5.53. The van der Waals surface area contributed by atoms with E-state index in [0.29, 0.717) is 0 Å². The normalized spacial score (nSPS) is 11.8. The second kappa shape index (κ2) is 12.1. The molecule has 216 valence electrons. The Bertz CT molecular complexity index is 2040. The largest absolute Gasteiger partial charge is 0.292 e. The number of rotatable bonds is 10. The molecule has 0 radical (unpaired) electrons. The fourth-order valence-electron chi connectivity index (χ4n) is 6.55. The molecule has 0 saturated carbocycles. The summed E-state index contributed by atoms with van der Waals surface area (Å²) in [6.45, 7) is 6.82. The lowest BCUT2D eigenvalue weighted by Crippen LogP contribution is -1.98. The van der Waals surface area contributed by atoms with Crippen LogP contribution in [0.4, 0.5) is 0 Å². The van der Waals surface area contributed by atoms with Gasteiger partial charge in [0.2, 0.25) is 0 Å². The molecule has 0 fully saturated rings. The van der Waals surface area contributed by atoms with Crippen LogP contribution in [0.3, 0.4) is 0 Å². The summed E-state index contributed by atoms with van der Waals surface area (Å²) in [5.41, 5.74) is 6.12. The van der Waals surface area contributed by atoms with E-state index in [2.05, 4.69) is 116 Å². The Morgan fingerprint density at radius 2 is 1.33 bits per heavy atom. The molecule has 0 saturated heterocycles. The molecule has 0 aliphatic rings. The van der Waals surface area contributed by atoms with Gasteiger partial charge in [-0.05, 0) is 67.3 Å². The summed E-state index contributed by atoms with van der Waals surface area (Å²) in [6.07, 6.45) is 9.18. The van der Waals surface area contributed by atoms with Crippen molar-refractivity contribution in [2.45, 2.75) is 65.7 Å². The third-order valence-corrected chi connectivity index (χ3v) is 11.0. The lowest BCUT2D eigenvalue weighted by molar-refractivity contribution is 0.607. The summed E-state index contributed by atoms with van der Waals surface area (Å²) >= 11 is 3.85. The average Bonchev–Trinajstić information content (AvgIpc) is 3.74. The Labute approximate surface area is 262 Å². The highest BCUT2D eigenvalue weighted by atomic mass is 32.1. The number of imidazole rings is 1. The monoisotopic (exact) mass is 598 g/mol. The molecule has 0 spiro atoms. The van der Waals surface area contributed by atoms with E-state index in [1.807, 2.05) is 22.7 Å². The molecule has 0 unspecified atom stereocenters. The molecule has 7 aromatic rings. The second-order valence-corrected chi connectivity index (χ2v) is 14.2. The first-order valence-electron chi connectivity index (χ1n) is 15.7. The molecule has 2 nitrogen and oxygen atoms in total. The minimum absolute atomic E-state index is 1.02. The molecule has 7 rings (SSSR count). The number of benzene rings is 4. The van der Waals surface area contributed by atoms with Crippen LogP contribution in [0.15, 0.2) is 91.0 Å². The number of para-hydroxylation sites is 1.